The fourth-order valence-corrected chi connectivity index (χ4v) is 1.97. The van der Waals surface area contributed by atoms with E-state index in [0.717, 1.165) is 0 Å². The standard InChI is InChI=1S/C14H12N2O5/c17-13-6-5-11(14(18)19)9-15(13)8-7-10-3-1-2-4-12(10)16(20)21/h1-6,9H,7-8H2,(H,18,19). The molecule has 7 heteroatoms. The van der Waals surface area contributed by atoms with E-state index in [1.807, 2.05) is 0 Å². The second-order valence-electron chi connectivity index (χ2n) is 4.39. The van der Waals surface area contributed by atoms with Crippen LogP contribution in [-0.4, -0.2) is 20.6 Å². The molecule has 2 aromatic rings. The van der Waals surface area contributed by atoms with Crippen LogP contribution >= 0.6 is 0 Å². The molecular weight excluding hydrogens is 276 g/mol. The van der Waals surface area contributed by atoms with Crippen molar-refractivity contribution in [2.24, 2.45) is 0 Å². The number of hydrogen-bond donors (Lipinski definition) is 1. The quantitative estimate of drug-likeness (QED) is 0.666. The molecule has 21 heavy (non-hydrogen) atoms. The van der Waals surface area contributed by atoms with Gasteiger partial charge < -0.3 is 9.67 Å². The highest BCUT2D eigenvalue weighted by atomic mass is 16.6. The van der Waals surface area contributed by atoms with E-state index >= 15 is 0 Å². The monoisotopic (exact) mass is 288 g/mol. The van der Waals surface area contributed by atoms with Crippen molar-refractivity contribution in [3.05, 3.63) is 74.2 Å². The first kappa shape index (κ1) is 14.4. The van der Waals surface area contributed by atoms with E-state index in [2.05, 4.69) is 0 Å². The van der Waals surface area contributed by atoms with Crippen LogP contribution in [0.5, 0.6) is 0 Å². The molecule has 2 rings (SSSR count). The molecular formula is C14H12N2O5. The predicted octanol–water partition coefficient (Wildman–Crippen LogP) is 1.70. The summed E-state index contributed by atoms with van der Waals surface area (Å²) in [5.41, 5.74) is 0.130. The topological polar surface area (TPSA) is 102 Å². The largest absolute Gasteiger partial charge is 0.478 e. The van der Waals surface area contributed by atoms with Crippen LogP contribution in [0.15, 0.2) is 47.4 Å². The molecule has 0 aliphatic heterocycles. The maximum Gasteiger partial charge on any atom is 0.337 e. The first-order valence-corrected chi connectivity index (χ1v) is 6.15. The Labute approximate surface area is 119 Å². The van der Waals surface area contributed by atoms with Gasteiger partial charge >= 0.3 is 5.97 Å². The highest BCUT2D eigenvalue weighted by Gasteiger charge is 2.12. The fourth-order valence-electron chi connectivity index (χ4n) is 1.97. The maximum absolute atomic E-state index is 11.7. The smallest absolute Gasteiger partial charge is 0.337 e. The van der Waals surface area contributed by atoms with Crippen molar-refractivity contribution in [1.29, 1.82) is 0 Å². The summed E-state index contributed by atoms with van der Waals surface area (Å²) in [5.74, 6) is -1.13. The summed E-state index contributed by atoms with van der Waals surface area (Å²) in [5, 5.41) is 19.8. The summed E-state index contributed by atoms with van der Waals surface area (Å²) in [4.78, 5) is 33.0. The van der Waals surface area contributed by atoms with Gasteiger partial charge in [-0.05, 0) is 12.5 Å². The average Bonchev–Trinajstić information content (AvgIpc) is 2.46. The Morgan fingerprint density at radius 1 is 1.24 bits per heavy atom. The number of aromatic nitrogens is 1. The zero-order chi connectivity index (χ0) is 15.4. The van der Waals surface area contributed by atoms with Crippen molar-refractivity contribution >= 4 is 11.7 Å². The Balaban J connectivity index is 2.25. The van der Waals surface area contributed by atoms with Crippen molar-refractivity contribution in [3.63, 3.8) is 0 Å². The second kappa shape index (κ2) is 6.00. The van der Waals surface area contributed by atoms with Crippen LogP contribution in [0, 0.1) is 10.1 Å². The third-order valence-corrected chi connectivity index (χ3v) is 3.04. The Bertz CT molecular complexity index is 751. The number of benzene rings is 1. The molecule has 1 heterocycles. The number of hydrogen-bond acceptors (Lipinski definition) is 4. The highest BCUT2D eigenvalue weighted by Crippen LogP contribution is 2.18. The van der Waals surface area contributed by atoms with Crippen LogP contribution in [-0.2, 0) is 13.0 Å². The van der Waals surface area contributed by atoms with E-state index in [1.165, 1.54) is 29.0 Å². The van der Waals surface area contributed by atoms with Crippen LogP contribution in [0.1, 0.15) is 15.9 Å². The predicted molar refractivity (Wildman–Crippen MR) is 74.5 cm³/mol. The molecule has 108 valence electrons. The first-order valence-electron chi connectivity index (χ1n) is 6.15. The van der Waals surface area contributed by atoms with Gasteiger partial charge in [-0.1, -0.05) is 18.2 Å². The first-order chi connectivity index (χ1) is 9.99. The van der Waals surface area contributed by atoms with E-state index in [-0.39, 0.29) is 29.8 Å². The lowest BCUT2D eigenvalue weighted by Crippen LogP contribution is -2.21. The molecule has 0 spiro atoms. The Hall–Kier alpha value is -2.96. The third-order valence-electron chi connectivity index (χ3n) is 3.04. The number of carboxylic acid groups (broad SMARTS) is 1. The van der Waals surface area contributed by atoms with Crippen molar-refractivity contribution in [2.75, 3.05) is 0 Å². The molecule has 1 aromatic carbocycles. The van der Waals surface area contributed by atoms with Gasteiger partial charge in [0.2, 0.25) is 0 Å². The molecule has 0 aliphatic carbocycles. The highest BCUT2D eigenvalue weighted by molar-refractivity contribution is 5.87. The number of nitro benzene ring substituents is 1. The maximum atomic E-state index is 11.7. The van der Waals surface area contributed by atoms with E-state index < -0.39 is 10.9 Å². The number of pyridine rings is 1. The van der Waals surface area contributed by atoms with Crippen molar-refractivity contribution in [1.82, 2.24) is 4.57 Å². The summed E-state index contributed by atoms with van der Waals surface area (Å²) < 4.78 is 1.24. The molecule has 0 radical (unpaired) electrons. The summed E-state index contributed by atoms with van der Waals surface area (Å²) in [7, 11) is 0. The summed E-state index contributed by atoms with van der Waals surface area (Å²) >= 11 is 0. The van der Waals surface area contributed by atoms with E-state index in [9.17, 15) is 19.7 Å². The third kappa shape index (κ3) is 3.33. The molecule has 1 N–H and O–H groups in total. The van der Waals surface area contributed by atoms with Gasteiger partial charge in [0.25, 0.3) is 11.2 Å². The van der Waals surface area contributed by atoms with Gasteiger partial charge in [-0.3, -0.25) is 14.9 Å². The minimum absolute atomic E-state index is 0.00263. The molecule has 0 atom stereocenters. The number of aromatic carboxylic acids is 1. The minimum Gasteiger partial charge on any atom is -0.478 e. The summed E-state index contributed by atoms with van der Waals surface area (Å²) in [6.07, 6.45) is 1.50. The molecule has 0 unspecified atom stereocenters. The van der Waals surface area contributed by atoms with Gasteiger partial charge in [0.15, 0.2) is 0 Å². The van der Waals surface area contributed by atoms with E-state index in [4.69, 9.17) is 5.11 Å². The Morgan fingerprint density at radius 3 is 2.62 bits per heavy atom. The van der Waals surface area contributed by atoms with E-state index in [0.29, 0.717) is 5.56 Å². The number of para-hydroxylation sites is 1. The molecule has 0 amide bonds. The van der Waals surface area contributed by atoms with Crippen molar-refractivity contribution in [3.8, 4) is 0 Å². The Kier molecular flexibility index (Phi) is 4.13. The van der Waals surface area contributed by atoms with Crippen molar-refractivity contribution < 1.29 is 14.8 Å². The Morgan fingerprint density at radius 2 is 1.95 bits per heavy atom. The number of aryl methyl sites for hydroxylation is 2. The van der Waals surface area contributed by atoms with Gasteiger partial charge in [0.1, 0.15) is 0 Å². The van der Waals surface area contributed by atoms with Crippen LogP contribution < -0.4 is 5.56 Å². The molecule has 0 saturated heterocycles. The van der Waals surface area contributed by atoms with Crippen LogP contribution in [0.3, 0.4) is 0 Å². The SMILES string of the molecule is O=C(O)c1ccc(=O)n(CCc2ccccc2[N+](=O)[O-])c1. The lowest BCUT2D eigenvalue weighted by Gasteiger charge is -2.07. The van der Waals surface area contributed by atoms with Crippen LogP contribution in [0.2, 0.25) is 0 Å². The van der Waals surface area contributed by atoms with Gasteiger partial charge in [0, 0.05) is 30.4 Å². The molecule has 7 nitrogen and oxygen atoms in total. The normalized spacial score (nSPS) is 10.3. The second-order valence-corrected chi connectivity index (χ2v) is 4.39. The van der Waals surface area contributed by atoms with Gasteiger partial charge in [-0.2, -0.15) is 0 Å². The molecule has 0 aliphatic rings. The molecule has 1 aromatic heterocycles. The zero-order valence-corrected chi connectivity index (χ0v) is 10.9. The lowest BCUT2D eigenvalue weighted by atomic mass is 10.1. The van der Waals surface area contributed by atoms with Gasteiger partial charge in [-0.15, -0.1) is 0 Å². The molecule has 0 saturated carbocycles. The molecule has 0 fully saturated rings. The number of nitrogens with zero attached hydrogens (tertiary/aromatic N) is 2. The number of carbonyl (C=O) groups is 1. The van der Waals surface area contributed by atoms with Gasteiger partial charge in [-0.25, -0.2) is 4.79 Å². The fraction of sp³-hybridized carbons (Fsp3) is 0.143. The zero-order valence-electron chi connectivity index (χ0n) is 10.9. The van der Waals surface area contributed by atoms with Gasteiger partial charge in [0.05, 0.1) is 10.5 Å². The van der Waals surface area contributed by atoms with Crippen LogP contribution in [0.4, 0.5) is 5.69 Å². The summed E-state index contributed by atoms with van der Waals surface area (Å²) in [6, 6.07) is 8.66. The number of rotatable bonds is 5. The number of carboxylic acids is 1. The lowest BCUT2D eigenvalue weighted by molar-refractivity contribution is -0.385. The average molecular weight is 288 g/mol. The van der Waals surface area contributed by atoms with Crippen molar-refractivity contribution in [2.45, 2.75) is 13.0 Å². The molecule has 0 bridgehead atoms. The van der Waals surface area contributed by atoms with Crippen LogP contribution in [0.25, 0.3) is 0 Å². The summed E-state index contributed by atoms with van der Waals surface area (Å²) in [6.45, 7) is 0.171. The minimum atomic E-state index is -1.13. The van der Waals surface area contributed by atoms with E-state index in [1.54, 1.807) is 18.2 Å². The number of nitro groups is 1.